The Balaban J connectivity index is 2.27. The van der Waals surface area contributed by atoms with E-state index in [9.17, 15) is 14.3 Å². The lowest BCUT2D eigenvalue weighted by Crippen LogP contribution is -2.25. The fourth-order valence-electron chi connectivity index (χ4n) is 1.49. The van der Waals surface area contributed by atoms with E-state index in [2.05, 4.69) is 4.98 Å². The number of aliphatic hydroxyl groups excluding tert-OH is 1. The van der Waals surface area contributed by atoms with E-state index in [1.165, 1.54) is 17.2 Å². The molecule has 4 nitrogen and oxygen atoms in total. The molecule has 5 heteroatoms. The minimum Gasteiger partial charge on any atom is -0.391 e. The number of nitrogens with zero attached hydrogens (tertiary/aromatic N) is 2. The Morgan fingerprint density at radius 1 is 1.57 bits per heavy atom. The van der Waals surface area contributed by atoms with Crippen LogP contribution in [0.5, 0.6) is 0 Å². The van der Waals surface area contributed by atoms with Crippen molar-refractivity contribution in [2.24, 2.45) is 0 Å². The number of halogens is 1. The van der Waals surface area contributed by atoms with E-state index in [-0.39, 0.29) is 18.9 Å². The summed E-state index contributed by atoms with van der Waals surface area (Å²) in [7, 11) is 0. The quantitative estimate of drug-likeness (QED) is 0.703. The van der Waals surface area contributed by atoms with Gasteiger partial charge >= 0.3 is 0 Å². The summed E-state index contributed by atoms with van der Waals surface area (Å²) in [4.78, 5) is 16.3. The summed E-state index contributed by atoms with van der Waals surface area (Å²) in [6.07, 6.45) is 1.90. The lowest BCUT2D eigenvalue weighted by atomic mass is 10.3. The first-order valence-corrected chi connectivity index (χ1v) is 4.26. The van der Waals surface area contributed by atoms with E-state index in [1.54, 1.807) is 0 Å². The first-order valence-electron chi connectivity index (χ1n) is 4.26. The van der Waals surface area contributed by atoms with Crippen LogP contribution in [0.2, 0.25) is 0 Å². The van der Waals surface area contributed by atoms with Gasteiger partial charge in [-0.3, -0.25) is 9.78 Å². The zero-order valence-electron chi connectivity index (χ0n) is 7.35. The molecular weight excluding hydrogens is 187 g/mol. The molecule has 0 spiro atoms. The van der Waals surface area contributed by atoms with Crippen molar-refractivity contribution in [1.29, 1.82) is 0 Å². The molecule has 0 aliphatic carbocycles. The highest BCUT2D eigenvalue weighted by atomic mass is 19.1. The summed E-state index contributed by atoms with van der Waals surface area (Å²) in [6.45, 7) is 0.212. The van der Waals surface area contributed by atoms with Gasteiger partial charge in [0.25, 0.3) is 0 Å². The molecule has 1 aromatic rings. The van der Waals surface area contributed by atoms with Crippen molar-refractivity contribution < 1.29 is 14.3 Å². The van der Waals surface area contributed by atoms with E-state index in [0.29, 0.717) is 5.69 Å². The van der Waals surface area contributed by atoms with E-state index in [0.717, 1.165) is 6.20 Å². The highest BCUT2D eigenvalue weighted by Crippen LogP contribution is 2.20. The number of aliphatic hydroxyl groups is 1. The number of anilines is 1. The van der Waals surface area contributed by atoms with Crippen molar-refractivity contribution in [3.05, 3.63) is 24.3 Å². The summed E-state index contributed by atoms with van der Waals surface area (Å²) < 4.78 is 12.8. The molecule has 14 heavy (non-hydrogen) atoms. The van der Waals surface area contributed by atoms with Crippen molar-refractivity contribution in [1.82, 2.24) is 4.98 Å². The van der Waals surface area contributed by atoms with Gasteiger partial charge in [0.1, 0.15) is 5.82 Å². The van der Waals surface area contributed by atoms with Crippen LogP contribution in [0, 0.1) is 5.82 Å². The summed E-state index contributed by atoms with van der Waals surface area (Å²) in [5.74, 6) is -0.693. The predicted octanol–water partition coefficient (Wildman–Crippen LogP) is 0.318. The van der Waals surface area contributed by atoms with Gasteiger partial charge < -0.3 is 10.0 Å². The van der Waals surface area contributed by atoms with Crippen LogP contribution in [-0.4, -0.2) is 28.6 Å². The molecule has 1 aliphatic heterocycles. The van der Waals surface area contributed by atoms with Gasteiger partial charge in [-0.25, -0.2) is 4.39 Å². The second-order valence-corrected chi connectivity index (χ2v) is 3.22. The number of hydrogen-bond donors (Lipinski definition) is 1. The third kappa shape index (κ3) is 1.58. The molecule has 1 unspecified atom stereocenters. The third-order valence-corrected chi connectivity index (χ3v) is 2.11. The Morgan fingerprint density at radius 2 is 2.36 bits per heavy atom. The topological polar surface area (TPSA) is 53.4 Å². The Morgan fingerprint density at radius 3 is 2.93 bits per heavy atom. The van der Waals surface area contributed by atoms with E-state index in [1.807, 2.05) is 0 Å². The van der Waals surface area contributed by atoms with Crippen molar-refractivity contribution in [3.8, 4) is 0 Å². The molecule has 0 radical (unpaired) electrons. The fraction of sp³-hybridized carbons (Fsp3) is 0.333. The van der Waals surface area contributed by atoms with Gasteiger partial charge in [0.15, 0.2) is 0 Å². The molecular formula is C9H9FN2O2. The van der Waals surface area contributed by atoms with Crippen molar-refractivity contribution in [2.75, 3.05) is 11.4 Å². The van der Waals surface area contributed by atoms with Crippen LogP contribution in [0.4, 0.5) is 10.1 Å². The van der Waals surface area contributed by atoms with E-state index < -0.39 is 11.9 Å². The van der Waals surface area contributed by atoms with Crippen LogP contribution in [0.15, 0.2) is 18.5 Å². The summed E-state index contributed by atoms with van der Waals surface area (Å²) in [5, 5.41) is 9.22. The average molecular weight is 196 g/mol. The monoisotopic (exact) mass is 196 g/mol. The number of carbonyl (C=O) groups excluding carboxylic acids is 1. The Hall–Kier alpha value is -1.49. The van der Waals surface area contributed by atoms with Gasteiger partial charge in [0.2, 0.25) is 5.91 Å². The van der Waals surface area contributed by atoms with Crippen LogP contribution in [0.3, 0.4) is 0 Å². The molecule has 1 aromatic heterocycles. The number of hydrogen-bond acceptors (Lipinski definition) is 3. The largest absolute Gasteiger partial charge is 0.391 e. The molecule has 1 amide bonds. The minimum atomic E-state index is -0.661. The number of pyridine rings is 1. The molecule has 1 atom stereocenters. The zero-order valence-corrected chi connectivity index (χ0v) is 7.35. The lowest BCUT2D eigenvalue weighted by molar-refractivity contribution is -0.117. The molecule has 74 valence electrons. The number of carbonyl (C=O) groups is 1. The van der Waals surface area contributed by atoms with Crippen molar-refractivity contribution >= 4 is 11.6 Å². The molecule has 2 heterocycles. The Bertz CT molecular complexity index is 370. The number of aromatic nitrogens is 1. The maximum Gasteiger partial charge on any atom is 0.229 e. The normalized spacial score (nSPS) is 21.7. The average Bonchev–Trinajstić information content (AvgIpc) is 2.45. The predicted molar refractivity (Wildman–Crippen MR) is 47.2 cm³/mol. The minimum absolute atomic E-state index is 0.0938. The number of rotatable bonds is 1. The maximum absolute atomic E-state index is 12.8. The van der Waals surface area contributed by atoms with Gasteiger partial charge in [-0.1, -0.05) is 0 Å². The standard InChI is InChI=1S/C9H9FN2O2/c10-6-1-7(4-11-3-6)12-5-8(13)2-9(12)14/h1,3-4,8,13H,2,5H2. The van der Waals surface area contributed by atoms with Crippen LogP contribution < -0.4 is 4.90 Å². The summed E-state index contributed by atoms with van der Waals surface area (Å²) in [6, 6.07) is 1.23. The summed E-state index contributed by atoms with van der Waals surface area (Å²) >= 11 is 0. The Labute approximate surface area is 80.0 Å². The van der Waals surface area contributed by atoms with Crippen LogP contribution in [0.1, 0.15) is 6.42 Å². The van der Waals surface area contributed by atoms with Crippen LogP contribution in [-0.2, 0) is 4.79 Å². The van der Waals surface area contributed by atoms with E-state index >= 15 is 0 Å². The molecule has 1 N–H and O–H groups in total. The first kappa shape index (κ1) is 9.08. The molecule has 1 fully saturated rings. The second kappa shape index (κ2) is 3.34. The number of amides is 1. The highest BCUT2D eigenvalue weighted by molar-refractivity contribution is 5.95. The molecule has 0 aromatic carbocycles. The van der Waals surface area contributed by atoms with Crippen LogP contribution in [0.25, 0.3) is 0 Å². The van der Waals surface area contributed by atoms with Gasteiger partial charge in [0, 0.05) is 6.07 Å². The van der Waals surface area contributed by atoms with Crippen LogP contribution >= 0.6 is 0 Å². The third-order valence-electron chi connectivity index (χ3n) is 2.11. The van der Waals surface area contributed by atoms with Crippen molar-refractivity contribution in [2.45, 2.75) is 12.5 Å². The first-order chi connectivity index (χ1) is 6.66. The lowest BCUT2D eigenvalue weighted by Gasteiger charge is -2.14. The van der Waals surface area contributed by atoms with Crippen molar-refractivity contribution in [3.63, 3.8) is 0 Å². The Kier molecular flexibility index (Phi) is 2.17. The van der Waals surface area contributed by atoms with Gasteiger partial charge in [-0.15, -0.1) is 0 Å². The fourth-order valence-corrected chi connectivity index (χ4v) is 1.49. The number of β-amino-alcohol motifs (C(OH)–C–C–N with tert-alkyl or cyclic N) is 1. The maximum atomic E-state index is 12.8. The van der Waals surface area contributed by atoms with Gasteiger partial charge in [-0.05, 0) is 0 Å². The smallest absolute Gasteiger partial charge is 0.229 e. The molecule has 0 saturated carbocycles. The van der Waals surface area contributed by atoms with Gasteiger partial charge in [0.05, 0.1) is 37.2 Å². The summed E-state index contributed by atoms with van der Waals surface area (Å²) in [5.41, 5.74) is 0.395. The second-order valence-electron chi connectivity index (χ2n) is 3.22. The zero-order chi connectivity index (χ0) is 10.1. The van der Waals surface area contributed by atoms with E-state index in [4.69, 9.17) is 0 Å². The molecule has 1 saturated heterocycles. The molecule has 2 rings (SSSR count). The highest BCUT2D eigenvalue weighted by Gasteiger charge is 2.29. The van der Waals surface area contributed by atoms with Gasteiger partial charge in [-0.2, -0.15) is 0 Å². The molecule has 0 bridgehead atoms. The SMILES string of the molecule is O=C1CC(O)CN1c1cncc(F)c1. The molecule has 1 aliphatic rings.